The van der Waals surface area contributed by atoms with Crippen LogP contribution >= 0.6 is 0 Å². The predicted octanol–water partition coefficient (Wildman–Crippen LogP) is 3.00. The Kier molecular flexibility index (Phi) is 5.54. The number of rotatable bonds is 5. The number of hydrogen-bond donors (Lipinski definition) is 0. The third kappa shape index (κ3) is 3.99. The molecule has 0 atom stereocenters. The maximum Gasteiger partial charge on any atom is 0.246 e. The van der Waals surface area contributed by atoms with E-state index in [0.717, 1.165) is 25.3 Å². The zero-order valence-electron chi connectivity index (χ0n) is 16.8. The van der Waals surface area contributed by atoms with Crippen LogP contribution in [0.5, 0.6) is 0 Å². The second kappa shape index (κ2) is 8.10. The molecule has 6 nitrogen and oxygen atoms in total. The summed E-state index contributed by atoms with van der Waals surface area (Å²) in [5.74, 6) is 0. The fourth-order valence-corrected chi connectivity index (χ4v) is 5.70. The molecule has 1 aliphatic rings. The highest BCUT2D eigenvalue weighted by atomic mass is 32.2. The van der Waals surface area contributed by atoms with Gasteiger partial charge in [-0.15, -0.1) is 0 Å². The van der Waals surface area contributed by atoms with E-state index >= 15 is 0 Å². The van der Waals surface area contributed by atoms with Gasteiger partial charge >= 0.3 is 0 Å². The van der Waals surface area contributed by atoms with Crippen molar-refractivity contribution in [1.29, 1.82) is 0 Å². The Bertz CT molecular complexity index is 1070. The van der Waals surface area contributed by atoms with E-state index in [4.69, 9.17) is 0 Å². The molecule has 0 unspecified atom stereocenters. The summed E-state index contributed by atoms with van der Waals surface area (Å²) in [6, 6.07) is 19.9. The minimum atomic E-state index is -3.58. The molecule has 2 heterocycles. The van der Waals surface area contributed by atoms with Crippen molar-refractivity contribution in [1.82, 2.24) is 19.0 Å². The van der Waals surface area contributed by atoms with E-state index in [1.54, 1.807) is 15.9 Å². The molecule has 0 aliphatic carbocycles. The second-order valence-electron chi connectivity index (χ2n) is 7.41. The number of benzene rings is 2. The van der Waals surface area contributed by atoms with Gasteiger partial charge in [-0.05, 0) is 31.5 Å². The Morgan fingerprint density at radius 3 is 2.07 bits per heavy atom. The van der Waals surface area contributed by atoms with E-state index in [-0.39, 0.29) is 0 Å². The Morgan fingerprint density at radius 2 is 1.45 bits per heavy atom. The SMILES string of the molecule is Cc1nn(-c2ccccc2)c(C)c1S(=O)(=O)N1CCN(Cc2ccccc2)CC1. The summed E-state index contributed by atoms with van der Waals surface area (Å²) in [7, 11) is -3.58. The van der Waals surface area contributed by atoms with E-state index in [1.165, 1.54) is 5.56 Å². The first kappa shape index (κ1) is 19.8. The molecule has 1 saturated heterocycles. The molecule has 0 spiro atoms. The average Bonchev–Trinajstić information content (AvgIpc) is 3.04. The molecule has 1 aromatic heterocycles. The molecule has 7 heteroatoms. The zero-order chi connectivity index (χ0) is 20.4. The highest BCUT2D eigenvalue weighted by molar-refractivity contribution is 7.89. The number of para-hydroxylation sites is 1. The predicted molar refractivity (Wildman–Crippen MR) is 114 cm³/mol. The van der Waals surface area contributed by atoms with Crippen molar-refractivity contribution in [3.63, 3.8) is 0 Å². The highest BCUT2D eigenvalue weighted by Crippen LogP contribution is 2.26. The van der Waals surface area contributed by atoms with Gasteiger partial charge in [-0.2, -0.15) is 9.40 Å². The lowest BCUT2D eigenvalue weighted by Crippen LogP contribution is -2.48. The van der Waals surface area contributed by atoms with Gasteiger partial charge in [-0.1, -0.05) is 48.5 Å². The number of sulfonamides is 1. The van der Waals surface area contributed by atoms with Gasteiger partial charge in [0.1, 0.15) is 4.90 Å². The fraction of sp³-hybridized carbons (Fsp3) is 0.318. The Hall–Kier alpha value is -2.48. The second-order valence-corrected chi connectivity index (χ2v) is 9.29. The summed E-state index contributed by atoms with van der Waals surface area (Å²) in [6.45, 7) is 6.86. The number of piperazine rings is 1. The molecule has 152 valence electrons. The first-order valence-electron chi connectivity index (χ1n) is 9.85. The van der Waals surface area contributed by atoms with Crippen molar-refractivity contribution >= 4 is 10.0 Å². The number of aryl methyl sites for hydroxylation is 1. The maximum absolute atomic E-state index is 13.4. The Balaban J connectivity index is 1.52. The third-order valence-corrected chi connectivity index (χ3v) is 7.56. The standard InChI is InChI=1S/C22H26N4O2S/c1-18-22(19(2)26(23-18)21-11-7-4-8-12-21)29(27,28)25-15-13-24(14-16-25)17-20-9-5-3-6-10-20/h3-12H,13-17H2,1-2H3. The summed E-state index contributed by atoms with van der Waals surface area (Å²) >= 11 is 0. The van der Waals surface area contributed by atoms with Gasteiger partial charge in [0.05, 0.1) is 17.1 Å². The number of nitrogens with zero attached hydrogens (tertiary/aromatic N) is 4. The van der Waals surface area contributed by atoms with Crippen LogP contribution in [0.2, 0.25) is 0 Å². The lowest BCUT2D eigenvalue weighted by molar-refractivity contribution is 0.181. The summed E-state index contributed by atoms with van der Waals surface area (Å²) in [5.41, 5.74) is 3.31. The van der Waals surface area contributed by atoms with Crippen LogP contribution in [-0.2, 0) is 16.6 Å². The number of hydrogen-bond acceptors (Lipinski definition) is 4. The molecule has 29 heavy (non-hydrogen) atoms. The van der Waals surface area contributed by atoms with Crippen LogP contribution in [0.1, 0.15) is 17.0 Å². The topological polar surface area (TPSA) is 58.4 Å². The first-order valence-corrected chi connectivity index (χ1v) is 11.3. The highest BCUT2D eigenvalue weighted by Gasteiger charge is 2.33. The molecule has 3 aromatic rings. The van der Waals surface area contributed by atoms with Crippen molar-refractivity contribution in [2.75, 3.05) is 26.2 Å². The Morgan fingerprint density at radius 1 is 0.862 bits per heavy atom. The van der Waals surface area contributed by atoms with Crippen LogP contribution < -0.4 is 0 Å². The minimum Gasteiger partial charge on any atom is -0.296 e. The lowest BCUT2D eigenvalue weighted by atomic mass is 10.2. The van der Waals surface area contributed by atoms with Gasteiger partial charge in [-0.3, -0.25) is 4.90 Å². The molecule has 0 radical (unpaired) electrons. The minimum absolute atomic E-state index is 0.331. The summed E-state index contributed by atoms with van der Waals surface area (Å²) in [6.07, 6.45) is 0. The fourth-order valence-electron chi connectivity index (χ4n) is 3.92. The van der Waals surface area contributed by atoms with Crippen molar-refractivity contribution < 1.29 is 8.42 Å². The monoisotopic (exact) mass is 410 g/mol. The zero-order valence-corrected chi connectivity index (χ0v) is 17.6. The van der Waals surface area contributed by atoms with E-state index < -0.39 is 10.0 Å². The van der Waals surface area contributed by atoms with Crippen molar-refractivity contribution in [3.8, 4) is 5.69 Å². The van der Waals surface area contributed by atoms with Crippen LogP contribution in [0.25, 0.3) is 5.69 Å². The van der Waals surface area contributed by atoms with Crippen LogP contribution in [-0.4, -0.2) is 53.6 Å². The summed E-state index contributed by atoms with van der Waals surface area (Å²) < 4.78 is 30.1. The Labute approximate surface area is 172 Å². The molecule has 0 saturated carbocycles. The molecule has 0 N–H and O–H groups in total. The lowest BCUT2D eigenvalue weighted by Gasteiger charge is -2.34. The largest absolute Gasteiger partial charge is 0.296 e. The summed E-state index contributed by atoms with van der Waals surface area (Å²) in [5, 5.41) is 4.51. The van der Waals surface area contributed by atoms with E-state index in [1.807, 2.05) is 55.5 Å². The normalized spacial score (nSPS) is 16.2. The molecular weight excluding hydrogens is 384 g/mol. The molecule has 0 bridgehead atoms. The van der Waals surface area contributed by atoms with E-state index in [9.17, 15) is 8.42 Å². The van der Waals surface area contributed by atoms with Crippen LogP contribution in [0.4, 0.5) is 0 Å². The molecule has 4 rings (SSSR count). The molecular formula is C22H26N4O2S. The van der Waals surface area contributed by atoms with Crippen molar-refractivity contribution in [2.45, 2.75) is 25.3 Å². The van der Waals surface area contributed by atoms with E-state index in [2.05, 4.69) is 22.1 Å². The molecule has 0 amide bonds. The molecule has 2 aromatic carbocycles. The van der Waals surface area contributed by atoms with Gasteiger partial charge in [0.15, 0.2) is 0 Å². The van der Waals surface area contributed by atoms with E-state index in [0.29, 0.717) is 29.4 Å². The molecule has 1 aliphatic heterocycles. The van der Waals surface area contributed by atoms with Crippen LogP contribution in [0, 0.1) is 13.8 Å². The first-order chi connectivity index (χ1) is 14.0. The van der Waals surface area contributed by atoms with Crippen molar-refractivity contribution in [3.05, 3.63) is 77.6 Å². The number of aromatic nitrogens is 2. The quantitative estimate of drug-likeness (QED) is 0.649. The van der Waals surface area contributed by atoms with Crippen LogP contribution in [0.3, 0.4) is 0 Å². The maximum atomic E-state index is 13.4. The summed E-state index contributed by atoms with van der Waals surface area (Å²) in [4.78, 5) is 2.63. The molecule has 1 fully saturated rings. The van der Waals surface area contributed by atoms with Crippen molar-refractivity contribution in [2.24, 2.45) is 0 Å². The van der Waals surface area contributed by atoms with Gasteiger partial charge in [0.2, 0.25) is 10.0 Å². The van der Waals surface area contributed by atoms with Gasteiger partial charge < -0.3 is 0 Å². The average molecular weight is 411 g/mol. The van der Waals surface area contributed by atoms with Gasteiger partial charge in [-0.25, -0.2) is 13.1 Å². The van der Waals surface area contributed by atoms with Crippen LogP contribution in [0.15, 0.2) is 65.6 Å². The van der Waals surface area contributed by atoms with Gasteiger partial charge in [0.25, 0.3) is 0 Å². The van der Waals surface area contributed by atoms with Gasteiger partial charge in [0, 0.05) is 32.7 Å². The third-order valence-electron chi connectivity index (χ3n) is 5.40. The smallest absolute Gasteiger partial charge is 0.246 e.